The SMILES string of the molecule is C/C(=C/C=O)OB1OC(=O)C(=O)O1. The molecule has 1 aliphatic heterocycles. The van der Waals surface area contributed by atoms with Crippen molar-refractivity contribution in [2.75, 3.05) is 0 Å². The van der Waals surface area contributed by atoms with Crippen LogP contribution in [0.3, 0.4) is 0 Å². The van der Waals surface area contributed by atoms with Gasteiger partial charge in [-0.1, -0.05) is 0 Å². The van der Waals surface area contributed by atoms with Gasteiger partial charge in [0, 0.05) is 6.08 Å². The molecule has 0 aromatic rings. The van der Waals surface area contributed by atoms with Crippen LogP contribution in [0.1, 0.15) is 6.92 Å². The molecule has 0 aromatic carbocycles. The largest absolute Gasteiger partial charge is 0.868 e. The van der Waals surface area contributed by atoms with Gasteiger partial charge in [-0.3, -0.25) is 4.79 Å². The van der Waals surface area contributed by atoms with E-state index in [9.17, 15) is 14.4 Å². The van der Waals surface area contributed by atoms with Crippen molar-refractivity contribution in [3.8, 4) is 0 Å². The van der Waals surface area contributed by atoms with Crippen LogP contribution < -0.4 is 0 Å². The maximum Gasteiger partial charge on any atom is 0.868 e. The molecule has 0 aromatic heterocycles. The van der Waals surface area contributed by atoms with Crippen molar-refractivity contribution in [2.24, 2.45) is 0 Å². The first-order valence-electron chi connectivity index (χ1n) is 3.34. The molecule has 13 heavy (non-hydrogen) atoms. The average molecular weight is 184 g/mol. The Bertz CT molecular complexity index is 267. The van der Waals surface area contributed by atoms with Crippen molar-refractivity contribution < 1.29 is 28.3 Å². The summed E-state index contributed by atoms with van der Waals surface area (Å²) >= 11 is 0. The minimum Gasteiger partial charge on any atom is -0.494 e. The van der Waals surface area contributed by atoms with Crippen LogP contribution in [0.25, 0.3) is 0 Å². The lowest BCUT2D eigenvalue weighted by molar-refractivity contribution is -0.150. The van der Waals surface area contributed by atoms with Gasteiger partial charge in [0.15, 0.2) is 0 Å². The predicted octanol–water partition coefficient (Wildman–Crippen LogP) is -0.809. The van der Waals surface area contributed by atoms with E-state index in [0.717, 1.165) is 6.08 Å². The minimum atomic E-state index is -1.38. The molecule has 0 aliphatic carbocycles. The van der Waals surface area contributed by atoms with Crippen molar-refractivity contribution in [1.82, 2.24) is 0 Å². The van der Waals surface area contributed by atoms with Gasteiger partial charge < -0.3 is 14.0 Å². The zero-order valence-corrected chi connectivity index (χ0v) is 6.68. The quantitative estimate of drug-likeness (QED) is 0.187. The highest BCUT2D eigenvalue weighted by molar-refractivity contribution is 6.55. The Balaban J connectivity index is 2.49. The first-order valence-corrected chi connectivity index (χ1v) is 3.34. The third kappa shape index (κ3) is 2.33. The molecule has 7 heteroatoms. The van der Waals surface area contributed by atoms with Crippen LogP contribution in [0, 0.1) is 0 Å². The third-order valence-electron chi connectivity index (χ3n) is 1.16. The van der Waals surface area contributed by atoms with E-state index in [1.54, 1.807) is 0 Å². The van der Waals surface area contributed by atoms with Crippen molar-refractivity contribution in [3.63, 3.8) is 0 Å². The monoisotopic (exact) mass is 184 g/mol. The average Bonchev–Trinajstić information content (AvgIpc) is 2.31. The number of aldehydes is 1. The van der Waals surface area contributed by atoms with Gasteiger partial charge >= 0.3 is 19.3 Å². The van der Waals surface area contributed by atoms with Gasteiger partial charge in [0.05, 0.1) is 5.76 Å². The lowest BCUT2D eigenvalue weighted by Crippen LogP contribution is -2.19. The Labute approximate surface area is 73.6 Å². The second-order valence-electron chi connectivity index (χ2n) is 2.13. The molecule has 0 N–H and O–H groups in total. The minimum absolute atomic E-state index is 0.183. The van der Waals surface area contributed by atoms with Crippen molar-refractivity contribution >= 4 is 25.5 Å². The second kappa shape index (κ2) is 3.75. The fraction of sp³-hybridized carbons (Fsp3) is 0.167. The number of hydrogen-bond acceptors (Lipinski definition) is 6. The van der Waals surface area contributed by atoms with Crippen LogP contribution in [-0.2, 0) is 28.3 Å². The van der Waals surface area contributed by atoms with Gasteiger partial charge in [-0.2, -0.15) is 0 Å². The number of hydrogen-bond donors (Lipinski definition) is 0. The fourth-order valence-electron chi connectivity index (χ4n) is 0.630. The van der Waals surface area contributed by atoms with Gasteiger partial charge in [-0.05, 0) is 6.92 Å². The van der Waals surface area contributed by atoms with E-state index in [1.165, 1.54) is 6.92 Å². The molecule has 1 aliphatic rings. The molecule has 6 nitrogen and oxygen atoms in total. The summed E-state index contributed by atoms with van der Waals surface area (Å²) < 4.78 is 13.3. The molecule has 0 saturated carbocycles. The molecule has 0 bridgehead atoms. The molecule has 1 saturated heterocycles. The fourth-order valence-corrected chi connectivity index (χ4v) is 0.630. The Kier molecular flexibility index (Phi) is 2.68. The van der Waals surface area contributed by atoms with Crippen LogP contribution in [0.15, 0.2) is 11.8 Å². The van der Waals surface area contributed by atoms with E-state index in [1.807, 2.05) is 0 Å². The van der Waals surface area contributed by atoms with Gasteiger partial charge in [-0.25, -0.2) is 9.59 Å². The van der Waals surface area contributed by atoms with Gasteiger partial charge in [-0.15, -0.1) is 0 Å². The standard InChI is InChI=1S/C6H5BO6/c1-4(2-3-8)11-7-12-5(9)6(10)13-7/h2-3H,1H3/b4-2-. The highest BCUT2D eigenvalue weighted by Gasteiger charge is 2.45. The molecule has 0 amide bonds. The van der Waals surface area contributed by atoms with Crippen LogP contribution >= 0.6 is 0 Å². The molecule has 0 spiro atoms. The molecule has 0 radical (unpaired) electrons. The normalized spacial score (nSPS) is 16.7. The van der Waals surface area contributed by atoms with Crippen molar-refractivity contribution in [3.05, 3.63) is 11.8 Å². The van der Waals surface area contributed by atoms with E-state index in [4.69, 9.17) is 4.65 Å². The molecule has 1 fully saturated rings. The summed E-state index contributed by atoms with van der Waals surface area (Å²) in [6.07, 6.45) is 1.59. The van der Waals surface area contributed by atoms with E-state index < -0.39 is 19.3 Å². The van der Waals surface area contributed by atoms with Crippen LogP contribution in [-0.4, -0.2) is 25.5 Å². The van der Waals surface area contributed by atoms with E-state index in [0.29, 0.717) is 6.29 Å². The van der Waals surface area contributed by atoms with E-state index in [2.05, 4.69) is 9.31 Å². The van der Waals surface area contributed by atoms with Crippen LogP contribution in [0.5, 0.6) is 0 Å². The summed E-state index contributed by atoms with van der Waals surface area (Å²) in [7, 11) is -1.38. The summed E-state index contributed by atoms with van der Waals surface area (Å²) in [5.74, 6) is -2.03. The summed E-state index contributed by atoms with van der Waals surface area (Å²) in [6.45, 7) is 1.45. The Morgan fingerprint density at radius 3 is 2.38 bits per heavy atom. The van der Waals surface area contributed by atoms with E-state index in [-0.39, 0.29) is 5.76 Å². The van der Waals surface area contributed by atoms with Crippen LogP contribution in [0.2, 0.25) is 0 Å². The predicted molar refractivity (Wildman–Crippen MR) is 38.8 cm³/mol. The summed E-state index contributed by atoms with van der Waals surface area (Å²) in [5, 5.41) is 0. The number of allylic oxidation sites excluding steroid dienone is 2. The highest BCUT2D eigenvalue weighted by atomic mass is 16.8. The lowest BCUT2D eigenvalue weighted by atomic mass is 10.2. The van der Waals surface area contributed by atoms with Gasteiger partial charge in [0.1, 0.15) is 6.29 Å². The van der Waals surface area contributed by atoms with Crippen molar-refractivity contribution in [2.45, 2.75) is 6.92 Å². The zero-order valence-electron chi connectivity index (χ0n) is 6.68. The Morgan fingerprint density at radius 1 is 1.38 bits per heavy atom. The smallest absolute Gasteiger partial charge is 0.494 e. The molecule has 0 unspecified atom stereocenters. The Hall–Kier alpha value is -1.79. The lowest BCUT2D eigenvalue weighted by Gasteiger charge is -2.03. The molecule has 1 rings (SSSR count). The first kappa shape index (κ1) is 9.30. The second-order valence-corrected chi connectivity index (χ2v) is 2.13. The maximum atomic E-state index is 10.5. The number of carbonyl (C=O) groups excluding carboxylic acids is 3. The molecule has 68 valence electrons. The van der Waals surface area contributed by atoms with Crippen molar-refractivity contribution in [1.29, 1.82) is 0 Å². The van der Waals surface area contributed by atoms with Gasteiger partial charge in [0.2, 0.25) is 0 Å². The topological polar surface area (TPSA) is 78.9 Å². The summed E-state index contributed by atoms with van der Waals surface area (Å²) in [5.41, 5.74) is 0. The molecule has 1 heterocycles. The summed E-state index contributed by atoms with van der Waals surface area (Å²) in [4.78, 5) is 30.9. The molecular formula is C6H5BO6. The first-order chi connectivity index (χ1) is 6.13. The maximum absolute atomic E-state index is 10.5. The summed E-state index contributed by atoms with van der Waals surface area (Å²) in [6, 6.07) is 0. The van der Waals surface area contributed by atoms with Gasteiger partial charge in [0.25, 0.3) is 0 Å². The number of rotatable bonds is 3. The molecule has 0 atom stereocenters. The highest BCUT2D eigenvalue weighted by Crippen LogP contribution is 2.08. The third-order valence-corrected chi connectivity index (χ3v) is 1.16. The zero-order chi connectivity index (χ0) is 9.84. The van der Waals surface area contributed by atoms with E-state index >= 15 is 0 Å². The number of carbonyl (C=O) groups is 3. The Morgan fingerprint density at radius 2 is 1.92 bits per heavy atom. The molecular weight excluding hydrogens is 179 g/mol. The van der Waals surface area contributed by atoms with Crippen LogP contribution in [0.4, 0.5) is 0 Å².